The first-order chi connectivity index (χ1) is 9.22. The number of hydrogen-bond acceptors (Lipinski definition) is 4. The Hall–Kier alpha value is -2.24. The molecule has 1 aliphatic rings. The van der Waals surface area contributed by atoms with Gasteiger partial charge in [0.1, 0.15) is 5.69 Å². The number of fused-ring (bicyclic) bond motifs is 1. The number of carbonyl (C=O) groups excluding carboxylic acids is 1. The van der Waals surface area contributed by atoms with E-state index in [1.54, 1.807) is 15.8 Å². The third-order valence-corrected chi connectivity index (χ3v) is 3.38. The van der Waals surface area contributed by atoms with Gasteiger partial charge in [0.05, 0.1) is 17.1 Å². The Kier molecular flexibility index (Phi) is 2.77. The second-order valence-electron chi connectivity index (χ2n) is 4.52. The fourth-order valence-corrected chi connectivity index (χ4v) is 2.43. The molecule has 0 saturated heterocycles. The van der Waals surface area contributed by atoms with E-state index in [2.05, 4.69) is 15.3 Å². The van der Waals surface area contributed by atoms with Crippen LogP contribution < -0.4 is 4.90 Å². The SMILES string of the molecule is CCn1nnc(C)c1C(=O)N1CCc2ncccc21. The van der Waals surface area contributed by atoms with Crippen molar-refractivity contribution in [3.05, 3.63) is 35.4 Å². The number of nitrogens with zero attached hydrogens (tertiary/aromatic N) is 5. The molecule has 0 unspecified atom stereocenters. The van der Waals surface area contributed by atoms with E-state index in [-0.39, 0.29) is 5.91 Å². The molecule has 19 heavy (non-hydrogen) atoms. The summed E-state index contributed by atoms with van der Waals surface area (Å²) < 4.78 is 1.64. The van der Waals surface area contributed by atoms with Gasteiger partial charge in [-0.15, -0.1) is 5.10 Å². The smallest absolute Gasteiger partial charge is 0.278 e. The monoisotopic (exact) mass is 257 g/mol. The molecule has 2 aromatic rings. The number of carbonyl (C=O) groups is 1. The van der Waals surface area contributed by atoms with Gasteiger partial charge in [-0.05, 0) is 26.0 Å². The van der Waals surface area contributed by atoms with E-state index in [1.807, 2.05) is 26.0 Å². The van der Waals surface area contributed by atoms with Crippen LogP contribution in [-0.2, 0) is 13.0 Å². The first-order valence-corrected chi connectivity index (χ1v) is 6.38. The first kappa shape index (κ1) is 11.8. The Bertz CT molecular complexity index is 634. The molecule has 98 valence electrons. The molecule has 0 N–H and O–H groups in total. The van der Waals surface area contributed by atoms with Crippen molar-refractivity contribution >= 4 is 11.6 Å². The zero-order valence-corrected chi connectivity index (χ0v) is 11.0. The number of hydrogen-bond donors (Lipinski definition) is 0. The molecule has 0 spiro atoms. The van der Waals surface area contributed by atoms with Crippen molar-refractivity contribution in [1.82, 2.24) is 20.0 Å². The molecule has 0 saturated carbocycles. The van der Waals surface area contributed by atoms with Crippen LogP contribution in [0.25, 0.3) is 0 Å². The minimum Gasteiger partial charge on any atom is -0.305 e. The van der Waals surface area contributed by atoms with Gasteiger partial charge in [-0.2, -0.15) is 0 Å². The molecule has 0 aromatic carbocycles. The van der Waals surface area contributed by atoms with Crippen molar-refractivity contribution in [2.75, 3.05) is 11.4 Å². The number of aromatic nitrogens is 4. The highest BCUT2D eigenvalue weighted by molar-refractivity contribution is 6.06. The lowest BCUT2D eigenvalue weighted by molar-refractivity contribution is 0.0978. The van der Waals surface area contributed by atoms with Crippen LogP contribution in [0.5, 0.6) is 0 Å². The fraction of sp³-hybridized carbons (Fsp3) is 0.385. The molecule has 0 fully saturated rings. The van der Waals surface area contributed by atoms with Crippen LogP contribution in [0.1, 0.15) is 28.8 Å². The standard InChI is InChI=1S/C13H15N5O/c1-3-18-12(9(2)15-16-18)13(19)17-8-6-10-11(17)5-4-7-14-10/h4-5,7H,3,6,8H2,1-2H3. The Morgan fingerprint density at radius 1 is 1.47 bits per heavy atom. The third-order valence-electron chi connectivity index (χ3n) is 3.38. The van der Waals surface area contributed by atoms with Gasteiger partial charge in [0.15, 0.2) is 0 Å². The Labute approximate surface area is 111 Å². The molecule has 1 amide bonds. The highest BCUT2D eigenvalue weighted by atomic mass is 16.2. The van der Waals surface area contributed by atoms with Crippen LogP contribution in [0, 0.1) is 6.92 Å². The Morgan fingerprint density at radius 2 is 2.32 bits per heavy atom. The topological polar surface area (TPSA) is 63.9 Å². The van der Waals surface area contributed by atoms with Crippen molar-refractivity contribution in [3.8, 4) is 0 Å². The summed E-state index contributed by atoms with van der Waals surface area (Å²) >= 11 is 0. The zero-order chi connectivity index (χ0) is 13.4. The van der Waals surface area contributed by atoms with Crippen molar-refractivity contribution in [3.63, 3.8) is 0 Å². The van der Waals surface area contributed by atoms with Gasteiger partial charge in [0.2, 0.25) is 0 Å². The van der Waals surface area contributed by atoms with E-state index in [0.717, 1.165) is 17.8 Å². The van der Waals surface area contributed by atoms with Gasteiger partial charge in [-0.25, -0.2) is 4.68 Å². The third kappa shape index (κ3) is 1.80. The first-order valence-electron chi connectivity index (χ1n) is 6.38. The summed E-state index contributed by atoms with van der Waals surface area (Å²) in [7, 11) is 0. The van der Waals surface area contributed by atoms with E-state index in [0.29, 0.717) is 24.5 Å². The van der Waals surface area contributed by atoms with Gasteiger partial charge in [-0.1, -0.05) is 5.21 Å². The van der Waals surface area contributed by atoms with Gasteiger partial charge in [0.25, 0.3) is 5.91 Å². The number of rotatable bonds is 2. The second-order valence-corrected chi connectivity index (χ2v) is 4.52. The summed E-state index contributed by atoms with van der Waals surface area (Å²) in [6, 6.07) is 3.79. The van der Waals surface area contributed by atoms with Crippen molar-refractivity contribution in [1.29, 1.82) is 0 Å². The molecule has 3 rings (SSSR count). The predicted octanol–water partition coefficient (Wildman–Crippen LogP) is 1.20. The van der Waals surface area contributed by atoms with E-state index < -0.39 is 0 Å². The summed E-state index contributed by atoms with van der Waals surface area (Å²) in [4.78, 5) is 18.7. The number of aryl methyl sites for hydroxylation is 2. The van der Waals surface area contributed by atoms with Gasteiger partial charge in [-0.3, -0.25) is 9.78 Å². The van der Waals surface area contributed by atoms with E-state index in [4.69, 9.17) is 0 Å². The minimum absolute atomic E-state index is 0.0453. The normalized spacial score (nSPS) is 13.7. The zero-order valence-electron chi connectivity index (χ0n) is 11.0. The second kappa shape index (κ2) is 4.46. The van der Waals surface area contributed by atoms with Gasteiger partial charge in [0, 0.05) is 25.7 Å². The lowest BCUT2D eigenvalue weighted by atomic mass is 10.2. The quantitative estimate of drug-likeness (QED) is 0.811. The minimum atomic E-state index is -0.0453. The molecule has 6 heteroatoms. The molecule has 2 aromatic heterocycles. The van der Waals surface area contributed by atoms with Gasteiger partial charge < -0.3 is 4.90 Å². The molecule has 0 atom stereocenters. The molecular formula is C13H15N5O. The molecule has 0 radical (unpaired) electrons. The highest BCUT2D eigenvalue weighted by Gasteiger charge is 2.29. The summed E-state index contributed by atoms with van der Waals surface area (Å²) in [5, 5.41) is 7.97. The van der Waals surface area contributed by atoms with Gasteiger partial charge >= 0.3 is 0 Å². The number of anilines is 1. The maximum absolute atomic E-state index is 12.7. The lowest BCUT2D eigenvalue weighted by Gasteiger charge is -2.17. The summed E-state index contributed by atoms with van der Waals surface area (Å²) in [5.41, 5.74) is 3.11. The molecule has 0 bridgehead atoms. The van der Waals surface area contributed by atoms with Crippen LogP contribution in [0.15, 0.2) is 18.3 Å². The van der Waals surface area contributed by atoms with Crippen LogP contribution in [0.2, 0.25) is 0 Å². The van der Waals surface area contributed by atoms with Crippen molar-refractivity contribution in [2.24, 2.45) is 0 Å². The number of pyridine rings is 1. The fourth-order valence-electron chi connectivity index (χ4n) is 2.43. The lowest BCUT2D eigenvalue weighted by Crippen LogP contribution is -2.31. The van der Waals surface area contributed by atoms with Crippen LogP contribution in [-0.4, -0.2) is 32.4 Å². The Balaban J connectivity index is 2.00. The van der Waals surface area contributed by atoms with E-state index in [1.165, 1.54) is 0 Å². The van der Waals surface area contributed by atoms with Crippen molar-refractivity contribution in [2.45, 2.75) is 26.8 Å². The Morgan fingerprint density at radius 3 is 3.11 bits per heavy atom. The largest absolute Gasteiger partial charge is 0.305 e. The number of amides is 1. The van der Waals surface area contributed by atoms with E-state index >= 15 is 0 Å². The van der Waals surface area contributed by atoms with Crippen LogP contribution in [0.3, 0.4) is 0 Å². The van der Waals surface area contributed by atoms with E-state index in [9.17, 15) is 4.79 Å². The molecule has 6 nitrogen and oxygen atoms in total. The highest BCUT2D eigenvalue weighted by Crippen LogP contribution is 2.27. The molecule has 0 aliphatic carbocycles. The van der Waals surface area contributed by atoms with Crippen LogP contribution >= 0.6 is 0 Å². The maximum atomic E-state index is 12.7. The van der Waals surface area contributed by atoms with Crippen LogP contribution in [0.4, 0.5) is 5.69 Å². The molecule has 3 heterocycles. The molecule has 1 aliphatic heterocycles. The van der Waals surface area contributed by atoms with Crippen molar-refractivity contribution < 1.29 is 4.79 Å². The summed E-state index contributed by atoms with van der Waals surface area (Å²) in [6.07, 6.45) is 2.56. The average Bonchev–Trinajstić information content (AvgIpc) is 3.01. The molecular weight excluding hydrogens is 242 g/mol. The average molecular weight is 257 g/mol. The summed E-state index contributed by atoms with van der Waals surface area (Å²) in [5.74, 6) is -0.0453. The summed E-state index contributed by atoms with van der Waals surface area (Å²) in [6.45, 7) is 5.06. The predicted molar refractivity (Wildman–Crippen MR) is 70.1 cm³/mol. The maximum Gasteiger partial charge on any atom is 0.278 e.